The molecule has 8 nitrogen and oxygen atoms in total. The first-order valence-electron chi connectivity index (χ1n) is 11.5. The number of nitrogens with one attached hydrogen (secondary N) is 3. The Balaban J connectivity index is 1.50. The molecule has 1 aliphatic heterocycles. The van der Waals surface area contributed by atoms with Crippen molar-refractivity contribution in [2.45, 2.75) is 13.5 Å². The number of morpholine rings is 1. The Labute approximate surface area is 205 Å². The van der Waals surface area contributed by atoms with Crippen LogP contribution in [-0.4, -0.2) is 45.4 Å². The number of hydrogen-bond acceptors (Lipinski definition) is 5. The molecule has 1 aliphatic rings. The third-order valence-electron chi connectivity index (χ3n) is 5.78. The SMILES string of the molecule is COc1ccc(NC(=O)Nc2cc(C(=O)NCc3ccc(C)cc3)ccc2N2CCOCC2)cc1. The van der Waals surface area contributed by atoms with Crippen LogP contribution < -0.4 is 25.6 Å². The molecular weight excluding hydrogens is 444 g/mol. The quantitative estimate of drug-likeness (QED) is 0.472. The fourth-order valence-electron chi connectivity index (χ4n) is 3.81. The Hall–Kier alpha value is -4.04. The molecule has 3 aromatic rings. The molecule has 8 heteroatoms. The Kier molecular flexibility index (Phi) is 7.84. The maximum atomic E-state index is 12.9. The van der Waals surface area contributed by atoms with Crippen molar-refractivity contribution >= 4 is 29.0 Å². The number of nitrogens with zero attached hydrogens (tertiary/aromatic N) is 1. The maximum absolute atomic E-state index is 12.9. The number of carbonyl (C=O) groups excluding carboxylic acids is 2. The van der Waals surface area contributed by atoms with Gasteiger partial charge < -0.3 is 30.3 Å². The molecule has 0 spiro atoms. The second-order valence-corrected chi connectivity index (χ2v) is 8.31. The monoisotopic (exact) mass is 474 g/mol. The van der Waals surface area contributed by atoms with Crippen molar-refractivity contribution in [3.63, 3.8) is 0 Å². The molecule has 0 aromatic heterocycles. The summed E-state index contributed by atoms with van der Waals surface area (Å²) in [6, 6.07) is 20.0. The van der Waals surface area contributed by atoms with Gasteiger partial charge in [-0.25, -0.2) is 4.79 Å². The molecule has 0 atom stereocenters. The normalized spacial score (nSPS) is 13.1. The molecule has 182 valence electrons. The largest absolute Gasteiger partial charge is 0.497 e. The van der Waals surface area contributed by atoms with Crippen LogP contribution in [0.3, 0.4) is 0 Å². The second-order valence-electron chi connectivity index (χ2n) is 8.31. The van der Waals surface area contributed by atoms with Crippen LogP contribution in [0.15, 0.2) is 66.7 Å². The molecule has 0 bridgehead atoms. The molecule has 0 aliphatic carbocycles. The van der Waals surface area contributed by atoms with Crippen molar-refractivity contribution in [2.75, 3.05) is 48.9 Å². The number of urea groups is 1. The maximum Gasteiger partial charge on any atom is 0.323 e. The third kappa shape index (κ3) is 6.51. The smallest absolute Gasteiger partial charge is 0.323 e. The first-order valence-corrected chi connectivity index (χ1v) is 11.5. The van der Waals surface area contributed by atoms with Crippen molar-refractivity contribution in [3.05, 3.63) is 83.4 Å². The van der Waals surface area contributed by atoms with E-state index in [1.807, 2.05) is 37.3 Å². The molecule has 3 N–H and O–H groups in total. The zero-order chi connectivity index (χ0) is 24.6. The Bertz CT molecular complexity index is 1160. The lowest BCUT2D eigenvalue weighted by Gasteiger charge is -2.30. The third-order valence-corrected chi connectivity index (χ3v) is 5.78. The van der Waals surface area contributed by atoms with Gasteiger partial charge in [0.2, 0.25) is 0 Å². The van der Waals surface area contributed by atoms with Crippen molar-refractivity contribution < 1.29 is 19.1 Å². The van der Waals surface area contributed by atoms with E-state index in [9.17, 15) is 9.59 Å². The summed E-state index contributed by atoms with van der Waals surface area (Å²) in [6.45, 7) is 5.07. The first kappa shape index (κ1) is 24.1. The van der Waals surface area contributed by atoms with E-state index in [1.165, 1.54) is 5.56 Å². The van der Waals surface area contributed by atoms with Gasteiger partial charge >= 0.3 is 6.03 Å². The Morgan fingerprint density at radius 2 is 1.66 bits per heavy atom. The minimum atomic E-state index is -0.401. The average molecular weight is 475 g/mol. The predicted molar refractivity (Wildman–Crippen MR) is 137 cm³/mol. The van der Waals surface area contributed by atoms with E-state index in [2.05, 4.69) is 20.9 Å². The number of methoxy groups -OCH3 is 1. The van der Waals surface area contributed by atoms with Gasteiger partial charge in [-0.1, -0.05) is 29.8 Å². The van der Waals surface area contributed by atoms with Gasteiger partial charge in [0, 0.05) is 30.9 Å². The lowest BCUT2D eigenvalue weighted by Crippen LogP contribution is -2.37. The number of carbonyl (C=O) groups is 2. The van der Waals surface area contributed by atoms with E-state index < -0.39 is 6.03 Å². The number of ether oxygens (including phenoxy) is 2. The molecule has 1 fully saturated rings. The summed E-state index contributed by atoms with van der Waals surface area (Å²) in [5.41, 5.74) is 4.68. The highest BCUT2D eigenvalue weighted by Crippen LogP contribution is 2.28. The molecule has 1 heterocycles. The van der Waals surface area contributed by atoms with Crippen LogP contribution in [0.25, 0.3) is 0 Å². The van der Waals surface area contributed by atoms with Gasteiger partial charge in [0.1, 0.15) is 5.75 Å². The number of anilines is 3. The van der Waals surface area contributed by atoms with Crippen LogP contribution in [0, 0.1) is 6.92 Å². The topological polar surface area (TPSA) is 91.9 Å². The van der Waals surface area contributed by atoms with Crippen LogP contribution in [0.5, 0.6) is 5.75 Å². The number of hydrogen-bond donors (Lipinski definition) is 3. The van der Waals surface area contributed by atoms with E-state index in [4.69, 9.17) is 9.47 Å². The molecule has 3 aromatic carbocycles. The lowest BCUT2D eigenvalue weighted by molar-refractivity contribution is 0.0951. The molecule has 1 saturated heterocycles. The van der Waals surface area contributed by atoms with Crippen LogP contribution in [0.1, 0.15) is 21.5 Å². The molecule has 0 radical (unpaired) electrons. The van der Waals surface area contributed by atoms with Gasteiger partial charge in [-0.05, 0) is 55.0 Å². The van der Waals surface area contributed by atoms with Crippen molar-refractivity contribution in [2.24, 2.45) is 0 Å². The summed E-state index contributed by atoms with van der Waals surface area (Å²) in [4.78, 5) is 27.8. The van der Waals surface area contributed by atoms with E-state index >= 15 is 0 Å². The van der Waals surface area contributed by atoms with Gasteiger partial charge in [-0.2, -0.15) is 0 Å². The highest BCUT2D eigenvalue weighted by atomic mass is 16.5. The molecule has 4 rings (SSSR count). The van der Waals surface area contributed by atoms with Crippen LogP contribution in [0.4, 0.5) is 21.9 Å². The molecular formula is C27H30N4O4. The number of rotatable bonds is 7. The first-order chi connectivity index (χ1) is 17.0. The summed E-state index contributed by atoms with van der Waals surface area (Å²) in [7, 11) is 1.59. The van der Waals surface area contributed by atoms with Crippen molar-refractivity contribution in [3.8, 4) is 5.75 Å². The van der Waals surface area contributed by atoms with Gasteiger partial charge in [0.25, 0.3) is 5.91 Å². The highest BCUT2D eigenvalue weighted by Gasteiger charge is 2.18. The predicted octanol–water partition coefficient (Wildman–Crippen LogP) is 4.41. The van der Waals surface area contributed by atoms with Crippen LogP contribution in [0.2, 0.25) is 0 Å². The molecule has 3 amide bonds. The molecule has 0 unspecified atom stereocenters. The van der Waals surface area contributed by atoms with E-state index in [-0.39, 0.29) is 5.91 Å². The van der Waals surface area contributed by atoms with E-state index in [0.29, 0.717) is 55.5 Å². The Morgan fingerprint density at radius 3 is 2.34 bits per heavy atom. The number of aryl methyl sites for hydroxylation is 1. The van der Waals surface area contributed by atoms with Gasteiger partial charge in [-0.3, -0.25) is 4.79 Å². The van der Waals surface area contributed by atoms with Gasteiger partial charge in [0.05, 0.1) is 31.7 Å². The van der Waals surface area contributed by atoms with Crippen LogP contribution >= 0.6 is 0 Å². The van der Waals surface area contributed by atoms with Crippen molar-refractivity contribution in [1.82, 2.24) is 5.32 Å². The minimum absolute atomic E-state index is 0.210. The Morgan fingerprint density at radius 1 is 0.943 bits per heavy atom. The zero-order valence-electron chi connectivity index (χ0n) is 20.0. The van der Waals surface area contributed by atoms with Gasteiger partial charge in [0.15, 0.2) is 0 Å². The fourth-order valence-corrected chi connectivity index (χ4v) is 3.81. The molecule has 0 saturated carbocycles. The second kappa shape index (κ2) is 11.4. The fraction of sp³-hybridized carbons (Fsp3) is 0.259. The number of amides is 3. The van der Waals surface area contributed by atoms with Crippen LogP contribution in [-0.2, 0) is 11.3 Å². The standard InChI is InChI=1S/C27H30N4O4/c1-19-3-5-20(6-4-19)18-28-26(32)21-7-12-25(31-13-15-35-16-14-31)24(17-21)30-27(33)29-22-8-10-23(34-2)11-9-22/h3-12,17H,13-16,18H2,1-2H3,(H,28,32)(H2,29,30,33). The zero-order valence-corrected chi connectivity index (χ0v) is 20.0. The van der Waals surface area contributed by atoms with Crippen molar-refractivity contribution in [1.29, 1.82) is 0 Å². The summed E-state index contributed by atoms with van der Waals surface area (Å²) in [6.07, 6.45) is 0. The van der Waals surface area contributed by atoms with Gasteiger partial charge in [-0.15, -0.1) is 0 Å². The van der Waals surface area contributed by atoms with E-state index in [0.717, 1.165) is 11.3 Å². The minimum Gasteiger partial charge on any atom is -0.497 e. The summed E-state index contributed by atoms with van der Waals surface area (Å²) in [5.74, 6) is 0.493. The summed E-state index contributed by atoms with van der Waals surface area (Å²) >= 11 is 0. The van der Waals surface area contributed by atoms with E-state index in [1.54, 1.807) is 43.5 Å². The lowest BCUT2D eigenvalue weighted by atomic mass is 10.1. The average Bonchev–Trinajstić information content (AvgIpc) is 2.89. The summed E-state index contributed by atoms with van der Waals surface area (Å²) in [5, 5.41) is 8.69. The summed E-state index contributed by atoms with van der Waals surface area (Å²) < 4.78 is 10.6. The molecule has 35 heavy (non-hydrogen) atoms. The number of benzene rings is 3. The highest BCUT2D eigenvalue weighted by molar-refractivity contribution is 6.04.